The van der Waals surface area contributed by atoms with Crippen molar-refractivity contribution >= 4 is 11.7 Å². The van der Waals surface area contributed by atoms with Crippen LogP contribution in [0.4, 0.5) is 5.69 Å². The molecule has 2 aliphatic heterocycles. The van der Waals surface area contributed by atoms with E-state index in [4.69, 9.17) is 4.74 Å². The van der Waals surface area contributed by atoms with Crippen LogP contribution in [0.5, 0.6) is 0 Å². The molecule has 1 aliphatic carbocycles. The van der Waals surface area contributed by atoms with Crippen molar-refractivity contribution in [1.82, 2.24) is 4.90 Å². The van der Waals surface area contributed by atoms with E-state index < -0.39 is 0 Å². The number of anilines is 1. The highest BCUT2D eigenvalue weighted by Crippen LogP contribution is 2.48. The van der Waals surface area contributed by atoms with Gasteiger partial charge in [-0.2, -0.15) is 0 Å². The first-order valence-electron chi connectivity index (χ1n) is 10.4. The molecular formula is C23H36N2O2. The van der Waals surface area contributed by atoms with Crippen molar-refractivity contribution in [2.75, 3.05) is 37.6 Å². The summed E-state index contributed by atoms with van der Waals surface area (Å²) in [5.74, 6) is 0.0427. The van der Waals surface area contributed by atoms with Crippen molar-refractivity contribution in [3.63, 3.8) is 0 Å². The van der Waals surface area contributed by atoms with Crippen LogP contribution in [0.3, 0.4) is 0 Å². The van der Waals surface area contributed by atoms with Gasteiger partial charge in [-0.15, -0.1) is 0 Å². The van der Waals surface area contributed by atoms with Gasteiger partial charge in [0.25, 0.3) is 0 Å². The van der Waals surface area contributed by atoms with Crippen LogP contribution in [0.1, 0.15) is 57.9 Å². The fourth-order valence-corrected chi connectivity index (χ4v) is 5.13. The second-order valence-electron chi connectivity index (χ2n) is 8.53. The number of ether oxygens (including phenoxy) is 1. The number of rotatable bonds is 4. The Balaban J connectivity index is 0.00000210. The van der Waals surface area contributed by atoms with E-state index in [1.807, 2.05) is 0 Å². The second-order valence-corrected chi connectivity index (χ2v) is 8.53. The Labute approximate surface area is 164 Å². The van der Waals surface area contributed by atoms with Crippen LogP contribution >= 0.6 is 0 Å². The van der Waals surface area contributed by atoms with E-state index in [9.17, 15) is 4.79 Å². The van der Waals surface area contributed by atoms with E-state index in [1.165, 1.54) is 43.4 Å². The molecule has 1 unspecified atom stereocenters. The number of hydrogen-bond donors (Lipinski definition) is 0. The van der Waals surface area contributed by atoms with Crippen molar-refractivity contribution in [3.05, 3.63) is 29.8 Å². The predicted octanol–water partition coefficient (Wildman–Crippen LogP) is 4.41. The molecule has 0 bridgehead atoms. The van der Waals surface area contributed by atoms with Crippen LogP contribution in [0.25, 0.3) is 0 Å². The average molecular weight is 373 g/mol. The van der Waals surface area contributed by atoms with Crippen molar-refractivity contribution < 1.29 is 9.53 Å². The number of benzene rings is 1. The van der Waals surface area contributed by atoms with Gasteiger partial charge in [-0.1, -0.05) is 44.4 Å². The Hall–Kier alpha value is -1.55. The zero-order valence-corrected chi connectivity index (χ0v) is 16.1. The maximum Gasteiger partial charge on any atom is 0.306 e. The molecule has 2 heterocycles. The van der Waals surface area contributed by atoms with Crippen LogP contribution < -0.4 is 4.90 Å². The molecular weight excluding hydrogens is 336 g/mol. The quantitative estimate of drug-likeness (QED) is 0.733. The van der Waals surface area contributed by atoms with Gasteiger partial charge in [0.15, 0.2) is 0 Å². The molecule has 2 saturated heterocycles. The first-order chi connectivity index (χ1) is 12.6. The first kappa shape index (κ1) is 20.2. The summed E-state index contributed by atoms with van der Waals surface area (Å²) in [6, 6.07) is 8.85. The zero-order valence-electron chi connectivity index (χ0n) is 16.1. The fourth-order valence-electron chi connectivity index (χ4n) is 5.13. The molecule has 1 aromatic rings. The molecule has 0 amide bonds. The molecule has 4 rings (SSSR count). The summed E-state index contributed by atoms with van der Waals surface area (Å²) in [4.78, 5) is 17.0. The lowest BCUT2D eigenvalue weighted by molar-refractivity contribution is -0.142. The lowest BCUT2D eigenvalue weighted by Crippen LogP contribution is -2.47. The topological polar surface area (TPSA) is 32.8 Å². The van der Waals surface area contributed by atoms with Gasteiger partial charge < -0.3 is 9.64 Å². The molecule has 1 spiro atoms. The Morgan fingerprint density at radius 2 is 1.70 bits per heavy atom. The van der Waals surface area contributed by atoms with E-state index in [1.54, 1.807) is 0 Å². The highest BCUT2D eigenvalue weighted by Gasteiger charge is 2.48. The van der Waals surface area contributed by atoms with Crippen LogP contribution in [-0.4, -0.2) is 49.7 Å². The Bertz CT molecular complexity index is 614. The standard InChI is InChI=1S/C22H32N2O2.CH4/c1-18-5-7-19(8-6-18)24-15-13-23(14-16-24)12-9-20-22(17-21(25)26-20)10-3-2-4-11-22;/h5-8,20H,2-4,9-17H2,1H3;1H4. The van der Waals surface area contributed by atoms with Gasteiger partial charge in [0.1, 0.15) is 6.10 Å². The molecule has 0 N–H and O–H groups in total. The molecule has 1 atom stereocenters. The van der Waals surface area contributed by atoms with Crippen LogP contribution in [-0.2, 0) is 9.53 Å². The van der Waals surface area contributed by atoms with Gasteiger partial charge >= 0.3 is 5.97 Å². The van der Waals surface area contributed by atoms with Gasteiger partial charge in [0.2, 0.25) is 0 Å². The number of cyclic esters (lactones) is 1. The zero-order chi connectivity index (χ0) is 18.0. The smallest absolute Gasteiger partial charge is 0.306 e. The predicted molar refractivity (Wildman–Crippen MR) is 111 cm³/mol. The van der Waals surface area contributed by atoms with Crippen molar-refractivity contribution in [3.8, 4) is 0 Å². The summed E-state index contributed by atoms with van der Waals surface area (Å²) < 4.78 is 5.77. The molecule has 0 aromatic heterocycles. The number of carbonyl (C=O) groups is 1. The van der Waals surface area contributed by atoms with Crippen molar-refractivity contribution in [1.29, 1.82) is 0 Å². The van der Waals surface area contributed by atoms with Crippen LogP contribution in [0.2, 0.25) is 0 Å². The molecule has 4 heteroatoms. The minimum Gasteiger partial charge on any atom is -0.462 e. The molecule has 27 heavy (non-hydrogen) atoms. The third-order valence-corrected chi connectivity index (χ3v) is 6.78. The molecule has 1 aromatic carbocycles. The number of nitrogens with zero attached hydrogens (tertiary/aromatic N) is 2. The van der Waals surface area contributed by atoms with Crippen molar-refractivity contribution in [2.24, 2.45) is 5.41 Å². The number of piperazine rings is 1. The van der Waals surface area contributed by atoms with Gasteiger partial charge in [-0.25, -0.2) is 0 Å². The number of hydrogen-bond acceptors (Lipinski definition) is 4. The maximum absolute atomic E-state index is 12.0. The first-order valence-corrected chi connectivity index (χ1v) is 10.4. The lowest BCUT2D eigenvalue weighted by atomic mass is 9.68. The fraction of sp³-hybridized carbons (Fsp3) is 0.696. The summed E-state index contributed by atoms with van der Waals surface area (Å²) in [6.45, 7) is 7.55. The summed E-state index contributed by atoms with van der Waals surface area (Å²) in [5, 5.41) is 0. The molecule has 4 nitrogen and oxygen atoms in total. The number of carbonyl (C=O) groups excluding carboxylic acids is 1. The molecule has 3 fully saturated rings. The molecule has 0 radical (unpaired) electrons. The Morgan fingerprint density at radius 3 is 2.37 bits per heavy atom. The van der Waals surface area contributed by atoms with Gasteiger partial charge in [-0.05, 0) is 38.3 Å². The van der Waals surface area contributed by atoms with E-state index in [-0.39, 0.29) is 24.9 Å². The summed E-state index contributed by atoms with van der Waals surface area (Å²) in [5.41, 5.74) is 2.82. The summed E-state index contributed by atoms with van der Waals surface area (Å²) >= 11 is 0. The SMILES string of the molecule is C.Cc1ccc(N2CCN(CCC3OC(=O)CC34CCCCC4)CC2)cc1. The highest BCUT2D eigenvalue weighted by molar-refractivity contribution is 5.73. The second kappa shape index (κ2) is 8.64. The van der Waals surface area contributed by atoms with Gasteiger partial charge in [-0.3, -0.25) is 9.69 Å². The third-order valence-electron chi connectivity index (χ3n) is 6.78. The highest BCUT2D eigenvalue weighted by atomic mass is 16.6. The largest absolute Gasteiger partial charge is 0.462 e. The average Bonchev–Trinajstić information content (AvgIpc) is 2.96. The van der Waals surface area contributed by atoms with E-state index in [2.05, 4.69) is 41.0 Å². The molecule has 150 valence electrons. The minimum absolute atomic E-state index is 0. The lowest BCUT2D eigenvalue weighted by Gasteiger charge is -2.39. The van der Waals surface area contributed by atoms with E-state index >= 15 is 0 Å². The maximum atomic E-state index is 12.0. The van der Waals surface area contributed by atoms with Crippen LogP contribution in [0, 0.1) is 12.3 Å². The van der Waals surface area contributed by atoms with Gasteiger partial charge in [0, 0.05) is 43.8 Å². The Morgan fingerprint density at radius 1 is 1.04 bits per heavy atom. The van der Waals surface area contributed by atoms with Gasteiger partial charge in [0.05, 0.1) is 6.42 Å². The molecule has 1 saturated carbocycles. The number of esters is 1. The summed E-state index contributed by atoms with van der Waals surface area (Å²) in [7, 11) is 0. The van der Waals surface area contributed by atoms with E-state index in [0.717, 1.165) is 39.1 Å². The Kier molecular flexibility index (Phi) is 6.46. The third kappa shape index (κ3) is 4.48. The van der Waals surface area contributed by atoms with E-state index in [0.29, 0.717) is 6.42 Å². The number of aryl methyl sites for hydroxylation is 1. The molecule has 3 aliphatic rings. The summed E-state index contributed by atoms with van der Waals surface area (Å²) in [6.07, 6.45) is 8.06. The monoisotopic (exact) mass is 372 g/mol. The minimum atomic E-state index is 0. The van der Waals surface area contributed by atoms with Crippen molar-refractivity contribution in [2.45, 2.75) is 65.4 Å². The van der Waals surface area contributed by atoms with Crippen LogP contribution in [0.15, 0.2) is 24.3 Å². The normalized spacial score (nSPS) is 25.3.